The quantitative estimate of drug-likeness (QED) is 0.612. The Morgan fingerprint density at radius 1 is 1.12 bits per heavy atom. The Hall–Kier alpha value is -2.31. The van der Waals surface area contributed by atoms with E-state index in [-0.39, 0.29) is 12.4 Å². The number of rotatable bonds is 9. The van der Waals surface area contributed by atoms with E-state index in [0.29, 0.717) is 6.54 Å². The zero-order valence-electron chi connectivity index (χ0n) is 13.5. The first-order valence-electron chi connectivity index (χ1n) is 7.71. The van der Waals surface area contributed by atoms with Crippen molar-refractivity contribution in [3.05, 3.63) is 53.8 Å². The van der Waals surface area contributed by atoms with Crippen LogP contribution in [0.4, 0.5) is 4.39 Å². The van der Waals surface area contributed by atoms with Crippen LogP contribution in [-0.4, -0.2) is 43.1 Å². The molecule has 1 atom stereocenters. The Morgan fingerprint density at radius 3 is 2.50 bits per heavy atom. The molecule has 0 aromatic heterocycles. The normalized spacial score (nSPS) is 12.0. The number of benzene rings is 2. The number of nitrogens with one attached hydrogen (secondary N) is 1. The van der Waals surface area contributed by atoms with Gasteiger partial charge in [0.15, 0.2) is 11.6 Å². The highest BCUT2D eigenvalue weighted by Crippen LogP contribution is 2.21. The van der Waals surface area contributed by atoms with Gasteiger partial charge in [-0.1, -0.05) is 12.1 Å². The fraction of sp³-hybridized carbons (Fsp3) is 0.333. The summed E-state index contributed by atoms with van der Waals surface area (Å²) in [7, 11) is 1.63. The van der Waals surface area contributed by atoms with Gasteiger partial charge in [0.25, 0.3) is 0 Å². The van der Waals surface area contributed by atoms with Crippen LogP contribution >= 0.6 is 0 Å². The number of ether oxygens (including phenoxy) is 2. The second kappa shape index (κ2) is 9.10. The number of phenols is 1. The zero-order chi connectivity index (χ0) is 17.4. The number of phenolic OH excluding ortho intramolecular Hbond substituents is 1. The lowest BCUT2D eigenvalue weighted by Crippen LogP contribution is -2.32. The molecule has 5 nitrogen and oxygen atoms in total. The number of halogens is 1. The molecule has 0 bridgehead atoms. The van der Waals surface area contributed by atoms with E-state index in [1.54, 1.807) is 7.11 Å². The molecule has 6 heteroatoms. The Kier molecular flexibility index (Phi) is 6.84. The van der Waals surface area contributed by atoms with Crippen molar-refractivity contribution in [3.63, 3.8) is 0 Å². The lowest BCUT2D eigenvalue weighted by molar-refractivity contribution is 0.106. The van der Waals surface area contributed by atoms with Gasteiger partial charge in [-0.25, -0.2) is 4.39 Å². The number of aromatic hydroxyl groups is 1. The topological polar surface area (TPSA) is 71.0 Å². The molecule has 24 heavy (non-hydrogen) atoms. The standard InChI is InChI=1S/C18H22FNO4/c1-23-15-4-2-13(3-5-15)8-9-20-11-14(21)12-24-16-6-7-18(22)17(19)10-16/h2-7,10,14,20-22H,8-9,11-12H2,1H3/t14-/m1/s1. The highest BCUT2D eigenvalue weighted by molar-refractivity contribution is 5.32. The molecule has 2 aromatic rings. The summed E-state index contributed by atoms with van der Waals surface area (Å²) in [5, 5.41) is 22.1. The summed E-state index contributed by atoms with van der Waals surface area (Å²) >= 11 is 0. The molecule has 2 rings (SSSR count). The fourth-order valence-electron chi connectivity index (χ4n) is 2.12. The van der Waals surface area contributed by atoms with Gasteiger partial charge in [-0.3, -0.25) is 0 Å². The third kappa shape index (κ3) is 5.72. The first kappa shape index (κ1) is 18.0. The van der Waals surface area contributed by atoms with Gasteiger partial charge in [0.05, 0.1) is 7.11 Å². The van der Waals surface area contributed by atoms with Crippen molar-refractivity contribution in [1.29, 1.82) is 0 Å². The predicted molar refractivity (Wildman–Crippen MR) is 89.1 cm³/mol. The van der Waals surface area contributed by atoms with Crippen molar-refractivity contribution < 1.29 is 24.1 Å². The molecule has 2 aromatic carbocycles. The summed E-state index contributed by atoms with van der Waals surface area (Å²) in [5.41, 5.74) is 1.17. The molecule has 0 unspecified atom stereocenters. The average Bonchev–Trinajstić information content (AvgIpc) is 2.60. The minimum atomic E-state index is -0.750. The van der Waals surface area contributed by atoms with Crippen LogP contribution in [-0.2, 0) is 6.42 Å². The van der Waals surface area contributed by atoms with Gasteiger partial charge >= 0.3 is 0 Å². The first-order valence-corrected chi connectivity index (χ1v) is 7.71. The zero-order valence-corrected chi connectivity index (χ0v) is 13.5. The third-order valence-corrected chi connectivity index (χ3v) is 3.49. The van der Waals surface area contributed by atoms with Gasteiger partial charge in [-0.2, -0.15) is 0 Å². The van der Waals surface area contributed by atoms with Crippen LogP contribution in [0.5, 0.6) is 17.2 Å². The Morgan fingerprint density at radius 2 is 1.83 bits per heavy atom. The second-order valence-electron chi connectivity index (χ2n) is 5.38. The molecule has 0 amide bonds. The van der Waals surface area contributed by atoms with Gasteiger partial charge in [-0.15, -0.1) is 0 Å². The van der Waals surface area contributed by atoms with Crippen LogP contribution in [0.25, 0.3) is 0 Å². The Bertz CT molecular complexity index is 633. The van der Waals surface area contributed by atoms with Crippen molar-refractivity contribution in [2.24, 2.45) is 0 Å². The summed E-state index contributed by atoms with van der Waals surface area (Å²) < 4.78 is 23.5. The molecule has 0 aliphatic rings. The molecule has 3 N–H and O–H groups in total. The van der Waals surface area contributed by atoms with Gasteiger partial charge in [0.1, 0.15) is 24.2 Å². The van der Waals surface area contributed by atoms with E-state index in [4.69, 9.17) is 14.6 Å². The van der Waals surface area contributed by atoms with Crippen LogP contribution in [0.3, 0.4) is 0 Å². The molecular formula is C18H22FNO4. The van der Waals surface area contributed by atoms with Crippen LogP contribution in [0, 0.1) is 5.82 Å². The highest BCUT2D eigenvalue weighted by Gasteiger charge is 2.07. The minimum Gasteiger partial charge on any atom is -0.505 e. The van der Waals surface area contributed by atoms with E-state index >= 15 is 0 Å². The average molecular weight is 335 g/mol. The molecule has 130 valence electrons. The van der Waals surface area contributed by atoms with Crippen molar-refractivity contribution >= 4 is 0 Å². The lowest BCUT2D eigenvalue weighted by Gasteiger charge is -2.13. The van der Waals surface area contributed by atoms with Crippen molar-refractivity contribution in [2.75, 3.05) is 26.8 Å². The molecule has 0 aliphatic carbocycles. The van der Waals surface area contributed by atoms with E-state index in [2.05, 4.69) is 5.32 Å². The lowest BCUT2D eigenvalue weighted by atomic mass is 10.1. The number of methoxy groups -OCH3 is 1. The monoisotopic (exact) mass is 335 g/mol. The maximum atomic E-state index is 13.1. The maximum Gasteiger partial charge on any atom is 0.168 e. The minimum absolute atomic E-state index is 0.0414. The Labute approximate surface area is 140 Å². The van der Waals surface area contributed by atoms with Gasteiger partial charge in [-0.05, 0) is 42.8 Å². The summed E-state index contributed by atoms with van der Waals surface area (Å²) in [5.74, 6) is -0.0877. The summed E-state index contributed by atoms with van der Waals surface area (Å²) in [6.45, 7) is 1.13. The van der Waals surface area contributed by atoms with E-state index in [0.717, 1.165) is 24.8 Å². The van der Waals surface area contributed by atoms with Gasteiger partial charge < -0.3 is 25.0 Å². The summed E-state index contributed by atoms with van der Waals surface area (Å²) in [6.07, 6.45) is 0.124. The van der Waals surface area contributed by atoms with Crippen molar-refractivity contribution in [3.8, 4) is 17.2 Å². The summed E-state index contributed by atoms with van der Waals surface area (Å²) in [4.78, 5) is 0. The number of aliphatic hydroxyl groups excluding tert-OH is 1. The van der Waals surface area contributed by atoms with E-state index in [1.807, 2.05) is 24.3 Å². The summed E-state index contributed by atoms with van der Waals surface area (Å²) in [6, 6.07) is 11.6. The number of hydrogen-bond acceptors (Lipinski definition) is 5. The fourth-order valence-corrected chi connectivity index (χ4v) is 2.12. The first-order chi connectivity index (χ1) is 11.6. The number of hydrogen-bond donors (Lipinski definition) is 3. The highest BCUT2D eigenvalue weighted by atomic mass is 19.1. The third-order valence-electron chi connectivity index (χ3n) is 3.49. The van der Waals surface area contributed by atoms with Crippen LogP contribution in [0.15, 0.2) is 42.5 Å². The second-order valence-corrected chi connectivity index (χ2v) is 5.38. The molecule has 0 saturated heterocycles. The number of aliphatic hydroxyl groups is 1. The maximum absolute atomic E-state index is 13.1. The largest absolute Gasteiger partial charge is 0.505 e. The van der Waals surface area contributed by atoms with Gasteiger partial charge in [0.2, 0.25) is 0 Å². The van der Waals surface area contributed by atoms with Crippen molar-refractivity contribution in [1.82, 2.24) is 5.32 Å². The van der Waals surface area contributed by atoms with E-state index in [9.17, 15) is 9.50 Å². The smallest absolute Gasteiger partial charge is 0.168 e. The predicted octanol–water partition coefficient (Wildman–Crippen LogP) is 2.11. The SMILES string of the molecule is COc1ccc(CCNC[C@@H](O)COc2ccc(O)c(F)c2)cc1. The van der Waals surface area contributed by atoms with Crippen LogP contribution in [0.1, 0.15) is 5.56 Å². The Balaban J connectivity index is 1.63. The molecule has 0 aliphatic heterocycles. The molecule has 0 radical (unpaired) electrons. The molecule has 0 fully saturated rings. The van der Waals surface area contributed by atoms with Crippen molar-refractivity contribution in [2.45, 2.75) is 12.5 Å². The molecule has 0 spiro atoms. The van der Waals surface area contributed by atoms with Gasteiger partial charge in [0, 0.05) is 12.6 Å². The van der Waals surface area contributed by atoms with Crippen LogP contribution < -0.4 is 14.8 Å². The van der Waals surface area contributed by atoms with E-state index in [1.165, 1.54) is 17.7 Å². The van der Waals surface area contributed by atoms with Crippen LogP contribution in [0.2, 0.25) is 0 Å². The molecule has 0 saturated carbocycles. The van der Waals surface area contributed by atoms with E-state index < -0.39 is 17.7 Å². The molecule has 0 heterocycles. The molecular weight excluding hydrogens is 313 g/mol.